The van der Waals surface area contributed by atoms with E-state index in [1.54, 1.807) is 21.7 Å². The number of halogens is 1. The standard InChI is InChI=1S/C31H29ClN6O2/c1-36(2)26-18-16-25(17-19-26)33-31(40)30(23-8-4-3-5-9-23)37(20-22-12-14-24(32)15-13-22)29(39)21-38-28-11-7-6-10-27(28)34-35-38/h3-19,30H,20-21H2,1-2H3,(H,33,40). The minimum absolute atomic E-state index is 0.0811. The van der Waals surface area contributed by atoms with Gasteiger partial charge in [0.25, 0.3) is 5.91 Å². The van der Waals surface area contributed by atoms with E-state index in [0.717, 1.165) is 16.8 Å². The normalized spacial score (nSPS) is 11.7. The van der Waals surface area contributed by atoms with E-state index in [9.17, 15) is 9.59 Å². The number of hydrogen-bond acceptors (Lipinski definition) is 5. The van der Waals surface area contributed by atoms with Crippen LogP contribution in [-0.4, -0.2) is 45.8 Å². The summed E-state index contributed by atoms with van der Waals surface area (Å²) in [6, 6.07) is 30.7. The molecule has 0 saturated carbocycles. The van der Waals surface area contributed by atoms with Gasteiger partial charge in [-0.1, -0.05) is 71.4 Å². The quantitative estimate of drug-likeness (QED) is 0.259. The Hall–Kier alpha value is -4.69. The zero-order chi connectivity index (χ0) is 28.1. The van der Waals surface area contributed by atoms with Crippen LogP contribution in [0.2, 0.25) is 5.02 Å². The second kappa shape index (κ2) is 12.0. The van der Waals surface area contributed by atoms with Gasteiger partial charge >= 0.3 is 0 Å². The zero-order valence-corrected chi connectivity index (χ0v) is 23.0. The fourth-order valence-electron chi connectivity index (χ4n) is 4.52. The van der Waals surface area contributed by atoms with Crippen molar-refractivity contribution < 1.29 is 9.59 Å². The van der Waals surface area contributed by atoms with E-state index < -0.39 is 6.04 Å². The molecule has 202 valence electrons. The van der Waals surface area contributed by atoms with Gasteiger partial charge in [-0.05, 0) is 59.7 Å². The van der Waals surface area contributed by atoms with E-state index >= 15 is 0 Å². The van der Waals surface area contributed by atoms with Crippen molar-refractivity contribution in [3.8, 4) is 0 Å². The van der Waals surface area contributed by atoms with Crippen molar-refractivity contribution in [2.24, 2.45) is 0 Å². The summed E-state index contributed by atoms with van der Waals surface area (Å²) < 4.78 is 1.56. The lowest BCUT2D eigenvalue weighted by atomic mass is 10.0. The molecule has 0 aliphatic heterocycles. The number of aromatic nitrogens is 3. The van der Waals surface area contributed by atoms with Gasteiger partial charge < -0.3 is 15.1 Å². The summed E-state index contributed by atoms with van der Waals surface area (Å²) in [5.41, 5.74) is 4.61. The molecule has 1 aromatic heterocycles. The van der Waals surface area contributed by atoms with E-state index in [1.165, 1.54) is 0 Å². The Morgan fingerprint density at radius 2 is 1.55 bits per heavy atom. The average Bonchev–Trinajstić information content (AvgIpc) is 3.37. The second-order valence-electron chi connectivity index (χ2n) is 9.63. The molecule has 9 heteroatoms. The minimum atomic E-state index is -0.910. The average molecular weight is 553 g/mol. The molecule has 5 rings (SSSR count). The van der Waals surface area contributed by atoms with E-state index in [4.69, 9.17) is 11.6 Å². The van der Waals surface area contributed by atoms with E-state index in [0.29, 0.717) is 21.8 Å². The fraction of sp³-hybridized carbons (Fsp3) is 0.161. The summed E-state index contributed by atoms with van der Waals surface area (Å²) in [5, 5.41) is 12.0. The van der Waals surface area contributed by atoms with Crippen molar-refractivity contribution in [3.05, 3.63) is 119 Å². The largest absolute Gasteiger partial charge is 0.378 e. The first-order valence-corrected chi connectivity index (χ1v) is 13.2. The third kappa shape index (κ3) is 6.13. The van der Waals surface area contributed by atoms with Crippen molar-refractivity contribution in [2.45, 2.75) is 19.1 Å². The summed E-state index contributed by atoms with van der Waals surface area (Å²) in [6.07, 6.45) is 0. The summed E-state index contributed by atoms with van der Waals surface area (Å²) in [4.78, 5) is 31.6. The number of benzene rings is 4. The van der Waals surface area contributed by atoms with Crippen LogP contribution in [0.25, 0.3) is 11.0 Å². The summed E-state index contributed by atoms with van der Waals surface area (Å²) in [7, 11) is 3.91. The molecule has 8 nitrogen and oxygen atoms in total. The molecule has 0 aliphatic rings. The number of carbonyl (C=O) groups excluding carboxylic acids is 2. The number of hydrogen-bond donors (Lipinski definition) is 1. The van der Waals surface area contributed by atoms with Gasteiger partial charge in [0.1, 0.15) is 18.1 Å². The zero-order valence-electron chi connectivity index (χ0n) is 22.2. The Morgan fingerprint density at radius 3 is 2.25 bits per heavy atom. The van der Waals surface area contributed by atoms with E-state index in [-0.39, 0.29) is 24.9 Å². The number of nitrogens with zero attached hydrogens (tertiary/aromatic N) is 5. The van der Waals surface area contributed by atoms with Crippen molar-refractivity contribution in [1.29, 1.82) is 0 Å². The van der Waals surface area contributed by atoms with Gasteiger partial charge in [0.05, 0.1) is 5.52 Å². The highest BCUT2D eigenvalue weighted by Crippen LogP contribution is 2.27. The molecule has 0 aliphatic carbocycles. The molecule has 1 N–H and O–H groups in total. The molecule has 4 aromatic carbocycles. The molecule has 0 radical (unpaired) electrons. The Balaban J connectivity index is 1.51. The third-order valence-corrected chi connectivity index (χ3v) is 6.87. The van der Waals surface area contributed by atoms with Gasteiger partial charge in [0, 0.05) is 37.0 Å². The molecule has 2 amide bonds. The first-order chi connectivity index (χ1) is 19.4. The van der Waals surface area contributed by atoms with Crippen molar-refractivity contribution in [2.75, 3.05) is 24.3 Å². The van der Waals surface area contributed by atoms with Crippen LogP contribution in [0.15, 0.2) is 103 Å². The number of anilines is 2. The molecule has 5 aromatic rings. The Morgan fingerprint density at radius 1 is 0.875 bits per heavy atom. The number of carbonyl (C=O) groups is 2. The maximum Gasteiger partial charge on any atom is 0.251 e. The molecule has 0 spiro atoms. The Labute approximate surface area is 237 Å². The summed E-state index contributed by atoms with van der Waals surface area (Å²) >= 11 is 6.12. The summed E-state index contributed by atoms with van der Waals surface area (Å²) in [6.45, 7) is 0.109. The maximum absolute atomic E-state index is 14.0. The lowest BCUT2D eigenvalue weighted by molar-refractivity contribution is -0.140. The van der Waals surface area contributed by atoms with Crippen LogP contribution in [0.5, 0.6) is 0 Å². The first kappa shape index (κ1) is 26.9. The molecular weight excluding hydrogens is 524 g/mol. The van der Waals surface area contributed by atoms with Gasteiger partial charge in [-0.3, -0.25) is 9.59 Å². The number of nitrogens with one attached hydrogen (secondary N) is 1. The minimum Gasteiger partial charge on any atom is -0.378 e. The highest BCUT2D eigenvalue weighted by Gasteiger charge is 2.32. The molecule has 1 unspecified atom stereocenters. The number of rotatable bonds is 9. The predicted molar refractivity (Wildman–Crippen MR) is 158 cm³/mol. The molecule has 1 heterocycles. The van der Waals surface area contributed by atoms with Crippen molar-refractivity contribution in [3.63, 3.8) is 0 Å². The molecule has 0 fully saturated rings. The highest BCUT2D eigenvalue weighted by molar-refractivity contribution is 6.30. The molecule has 0 saturated heterocycles. The highest BCUT2D eigenvalue weighted by atomic mass is 35.5. The van der Waals surface area contributed by atoms with Gasteiger partial charge in [-0.15, -0.1) is 5.10 Å². The van der Waals surface area contributed by atoms with E-state index in [1.807, 2.05) is 110 Å². The van der Waals surface area contributed by atoms with Gasteiger partial charge in [-0.25, -0.2) is 4.68 Å². The molecule has 40 heavy (non-hydrogen) atoms. The van der Waals surface area contributed by atoms with Crippen LogP contribution < -0.4 is 10.2 Å². The lowest BCUT2D eigenvalue weighted by Crippen LogP contribution is -2.42. The molecule has 0 bridgehead atoms. The van der Waals surface area contributed by atoms with Crippen LogP contribution in [0.3, 0.4) is 0 Å². The molecular formula is C31H29ClN6O2. The summed E-state index contributed by atoms with van der Waals surface area (Å²) in [5.74, 6) is -0.605. The smallest absolute Gasteiger partial charge is 0.251 e. The van der Waals surface area contributed by atoms with Crippen LogP contribution in [0.4, 0.5) is 11.4 Å². The fourth-order valence-corrected chi connectivity index (χ4v) is 4.65. The third-order valence-electron chi connectivity index (χ3n) is 6.62. The SMILES string of the molecule is CN(C)c1ccc(NC(=O)C(c2ccccc2)N(Cc2ccc(Cl)cc2)C(=O)Cn2nnc3ccccc32)cc1. The van der Waals surface area contributed by atoms with Crippen LogP contribution in [-0.2, 0) is 22.7 Å². The topological polar surface area (TPSA) is 83.4 Å². The van der Waals surface area contributed by atoms with E-state index in [2.05, 4.69) is 15.6 Å². The monoisotopic (exact) mass is 552 g/mol. The molecule has 1 atom stereocenters. The van der Waals surface area contributed by atoms with Crippen LogP contribution >= 0.6 is 11.6 Å². The van der Waals surface area contributed by atoms with Crippen molar-refractivity contribution >= 4 is 45.8 Å². The van der Waals surface area contributed by atoms with Crippen molar-refractivity contribution in [1.82, 2.24) is 19.9 Å². The van der Waals surface area contributed by atoms with Gasteiger partial charge in [-0.2, -0.15) is 0 Å². The van der Waals surface area contributed by atoms with Crippen LogP contribution in [0, 0.1) is 0 Å². The van der Waals surface area contributed by atoms with Gasteiger partial charge in [0.15, 0.2) is 0 Å². The maximum atomic E-state index is 14.0. The number of amides is 2. The van der Waals surface area contributed by atoms with Crippen LogP contribution in [0.1, 0.15) is 17.2 Å². The second-order valence-corrected chi connectivity index (χ2v) is 10.1. The first-order valence-electron chi connectivity index (χ1n) is 12.8. The predicted octanol–water partition coefficient (Wildman–Crippen LogP) is 5.56. The number of para-hydroxylation sites is 1. The lowest BCUT2D eigenvalue weighted by Gasteiger charge is -2.31. The Kier molecular flexibility index (Phi) is 8.07. The number of fused-ring (bicyclic) bond motifs is 1. The Bertz CT molecular complexity index is 1600. The van der Waals surface area contributed by atoms with Gasteiger partial charge in [0.2, 0.25) is 5.91 Å².